The van der Waals surface area contributed by atoms with Crippen LogP contribution in [0.25, 0.3) is 110 Å². The lowest BCUT2D eigenvalue weighted by Crippen LogP contribution is -2.59. The summed E-state index contributed by atoms with van der Waals surface area (Å²) in [4.78, 5) is 2.62. The van der Waals surface area contributed by atoms with Crippen LogP contribution < -0.4 is 26.0 Å². The van der Waals surface area contributed by atoms with Gasteiger partial charge >= 0.3 is 0 Å². The van der Waals surface area contributed by atoms with Crippen molar-refractivity contribution < 1.29 is 4.74 Å². The Hall–Kier alpha value is -10.4. The molecule has 2 aliphatic heterocycles. The third-order valence-electron chi connectivity index (χ3n) is 17.8. The molecule has 0 aliphatic carbocycles. The molecule has 0 atom stereocenters. The van der Waals surface area contributed by atoms with Crippen molar-refractivity contribution in [3.63, 3.8) is 0 Å². The van der Waals surface area contributed by atoms with Crippen LogP contribution in [0.3, 0.4) is 0 Å². The van der Waals surface area contributed by atoms with Crippen LogP contribution >= 0.6 is 0 Å². The van der Waals surface area contributed by atoms with Crippen LogP contribution in [-0.2, 0) is 5.41 Å². The second kappa shape index (κ2) is 18.1. The van der Waals surface area contributed by atoms with Gasteiger partial charge in [0.2, 0.25) is 0 Å². The molecule has 13 aromatic carbocycles. The molecule has 17 rings (SSSR count). The Balaban J connectivity index is 0.996. The third-order valence-corrected chi connectivity index (χ3v) is 17.8. The fraction of sp³-hybridized carbons (Fsp3) is 0.0513. The van der Waals surface area contributed by atoms with E-state index in [2.05, 4.69) is 308 Å². The van der Waals surface area contributed by atoms with Gasteiger partial charge in [0.25, 0.3) is 6.71 Å². The smallest absolute Gasteiger partial charge is 0.256 e. The van der Waals surface area contributed by atoms with Gasteiger partial charge in [-0.1, -0.05) is 203 Å². The maximum absolute atomic E-state index is 7.62. The first-order valence-electron chi connectivity index (χ1n) is 28.9. The summed E-state index contributed by atoms with van der Waals surface area (Å²) >= 11 is 0. The van der Waals surface area contributed by atoms with Crippen molar-refractivity contribution in [1.82, 2.24) is 9.13 Å². The molecule has 390 valence electrons. The van der Waals surface area contributed by atoms with E-state index in [1.54, 1.807) is 0 Å². The lowest BCUT2D eigenvalue weighted by Gasteiger charge is -2.42. The van der Waals surface area contributed by atoms with E-state index in [1.807, 2.05) is 0 Å². The first-order valence-corrected chi connectivity index (χ1v) is 28.9. The largest absolute Gasteiger partial charge is 0.458 e. The van der Waals surface area contributed by atoms with Gasteiger partial charge < -0.3 is 18.8 Å². The van der Waals surface area contributed by atoms with E-state index in [0.717, 1.165) is 95.3 Å². The minimum Gasteiger partial charge on any atom is -0.458 e. The highest BCUT2D eigenvalue weighted by Crippen LogP contribution is 2.52. The molecule has 0 spiro atoms. The molecule has 15 aromatic rings. The third kappa shape index (κ3) is 7.34. The quantitative estimate of drug-likeness (QED) is 0.122. The van der Waals surface area contributed by atoms with Crippen LogP contribution in [0.4, 0.5) is 17.1 Å². The van der Waals surface area contributed by atoms with Gasteiger partial charge in [-0.2, -0.15) is 0 Å². The normalized spacial score (nSPS) is 12.8. The molecule has 4 nitrogen and oxygen atoms in total. The van der Waals surface area contributed by atoms with E-state index in [0.29, 0.717) is 0 Å². The second-order valence-electron chi connectivity index (χ2n) is 23.6. The highest BCUT2D eigenvalue weighted by atomic mass is 16.5. The molecule has 0 N–H and O–H groups in total. The Morgan fingerprint density at radius 2 is 0.819 bits per heavy atom. The number of aromatic nitrogens is 2. The molecule has 0 saturated carbocycles. The second-order valence-corrected chi connectivity index (χ2v) is 23.6. The number of ether oxygens (including phenoxy) is 1. The first-order chi connectivity index (χ1) is 40.8. The summed E-state index contributed by atoms with van der Waals surface area (Å²) in [5.41, 5.74) is 21.6. The predicted octanol–water partition coefficient (Wildman–Crippen LogP) is 18.9. The summed E-state index contributed by atoms with van der Waals surface area (Å²) in [6, 6.07) is 101. The summed E-state index contributed by atoms with van der Waals surface area (Å²) in [5.74, 6) is 1.70. The standard InChI is InChI=1S/C78H54BN3O/c1-78(2,3)57-45-64(49-20-6-4-7-21-49)77(65(46-57)50-22-8-5-9-23-50)82-72-47-58(80-68-30-16-12-26-60(68)61-27-13-17-31-69(61)80)36-38-66(72)79-67-39-37-59(81-70-32-18-14-28-62(70)63-29-15-19-33-71(63)81)48-74(67)83-75-44-56(43-73(82)76(75)79)54-35-34-53-40-51-24-10-11-25-52(51)41-55(53)42-54/h4-48H,1-3H3. The number of hydrogen-bond donors (Lipinski definition) is 0. The minimum absolute atomic E-state index is 0.156. The molecule has 83 heavy (non-hydrogen) atoms. The van der Waals surface area contributed by atoms with Gasteiger partial charge in [0.05, 0.1) is 27.8 Å². The zero-order valence-electron chi connectivity index (χ0n) is 46.3. The Morgan fingerprint density at radius 3 is 1.37 bits per heavy atom. The van der Waals surface area contributed by atoms with Gasteiger partial charge in [0.1, 0.15) is 11.5 Å². The minimum atomic E-state index is -0.180. The Labute approximate surface area is 482 Å². The zero-order valence-corrected chi connectivity index (χ0v) is 46.3. The molecule has 0 saturated heterocycles. The van der Waals surface area contributed by atoms with Crippen molar-refractivity contribution in [3.8, 4) is 56.3 Å². The molecule has 0 fully saturated rings. The topological polar surface area (TPSA) is 22.3 Å². The van der Waals surface area contributed by atoms with Gasteiger partial charge in [-0.15, -0.1) is 0 Å². The van der Waals surface area contributed by atoms with Crippen molar-refractivity contribution in [3.05, 3.63) is 279 Å². The van der Waals surface area contributed by atoms with E-state index in [9.17, 15) is 0 Å². The first kappa shape index (κ1) is 47.5. The van der Waals surface area contributed by atoms with Gasteiger partial charge in [0.15, 0.2) is 0 Å². The summed E-state index contributed by atoms with van der Waals surface area (Å²) in [7, 11) is 0. The van der Waals surface area contributed by atoms with E-state index in [1.165, 1.54) is 65.1 Å². The van der Waals surface area contributed by atoms with Crippen LogP contribution in [0.15, 0.2) is 273 Å². The molecular weight excluding hydrogens is 1010 g/mol. The number of nitrogens with zero attached hydrogens (tertiary/aromatic N) is 3. The number of anilines is 3. The van der Waals surface area contributed by atoms with E-state index in [4.69, 9.17) is 4.74 Å². The Kier molecular flexibility index (Phi) is 10.3. The maximum atomic E-state index is 7.62. The number of para-hydroxylation sites is 4. The average Bonchev–Trinajstić information content (AvgIpc) is 1.70. The van der Waals surface area contributed by atoms with Crippen LogP contribution in [0.2, 0.25) is 0 Å². The molecule has 0 unspecified atom stereocenters. The Bertz CT molecular complexity index is 5010. The van der Waals surface area contributed by atoms with E-state index < -0.39 is 0 Å². The monoisotopic (exact) mass is 1060 g/mol. The Morgan fingerprint density at radius 1 is 0.337 bits per heavy atom. The predicted molar refractivity (Wildman–Crippen MR) is 351 cm³/mol. The fourth-order valence-corrected chi connectivity index (χ4v) is 13.9. The van der Waals surface area contributed by atoms with Crippen molar-refractivity contribution in [2.75, 3.05) is 4.90 Å². The molecule has 4 heterocycles. The van der Waals surface area contributed by atoms with Crippen molar-refractivity contribution >= 4 is 105 Å². The summed E-state index contributed by atoms with van der Waals surface area (Å²) in [5, 5.41) is 9.78. The lowest BCUT2D eigenvalue weighted by molar-refractivity contribution is 0.487. The zero-order chi connectivity index (χ0) is 55.1. The number of fused-ring (bicyclic) bond motifs is 12. The van der Waals surface area contributed by atoms with E-state index >= 15 is 0 Å². The van der Waals surface area contributed by atoms with Crippen LogP contribution in [-0.4, -0.2) is 15.8 Å². The highest BCUT2D eigenvalue weighted by Gasteiger charge is 2.44. The maximum Gasteiger partial charge on any atom is 0.256 e. The van der Waals surface area contributed by atoms with E-state index in [-0.39, 0.29) is 12.1 Å². The molecule has 0 bridgehead atoms. The van der Waals surface area contributed by atoms with Crippen molar-refractivity contribution in [2.24, 2.45) is 0 Å². The summed E-state index contributed by atoms with van der Waals surface area (Å²) < 4.78 is 12.5. The van der Waals surface area contributed by atoms with Crippen LogP contribution in [0, 0.1) is 0 Å². The highest BCUT2D eigenvalue weighted by molar-refractivity contribution is 6.99. The average molecular weight is 1060 g/mol. The summed E-state index contributed by atoms with van der Waals surface area (Å²) in [6.45, 7) is 6.81. The number of hydrogen-bond acceptors (Lipinski definition) is 2. The van der Waals surface area contributed by atoms with Gasteiger partial charge in [0, 0.05) is 61.5 Å². The molecule has 2 aromatic heterocycles. The number of rotatable bonds is 6. The summed E-state index contributed by atoms with van der Waals surface area (Å²) in [6.07, 6.45) is 0. The SMILES string of the molecule is CC(C)(C)c1cc(-c2ccccc2)c(N2c3cc(-n4c5ccccc5c5ccccc54)ccc3B3c4ccc(-n5c6ccccc6c6ccccc65)cc4Oc4cc(-c5ccc6cc7ccccc7cc6c5)cc2c43)c(-c2ccccc2)c1. The van der Waals surface area contributed by atoms with Crippen molar-refractivity contribution in [1.29, 1.82) is 0 Å². The van der Waals surface area contributed by atoms with Gasteiger partial charge in [-0.3, -0.25) is 0 Å². The molecule has 0 radical (unpaired) electrons. The van der Waals surface area contributed by atoms with Gasteiger partial charge in [-0.05, 0) is 156 Å². The van der Waals surface area contributed by atoms with Crippen molar-refractivity contribution in [2.45, 2.75) is 26.2 Å². The van der Waals surface area contributed by atoms with Gasteiger partial charge in [-0.25, -0.2) is 0 Å². The molecule has 5 heteroatoms. The lowest BCUT2D eigenvalue weighted by atomic mass is 9.34. The number of benzene rings is 13. The molecule has 2 aliphatic rings. The molecular formula is C78H54BN3O. The molecule has 0 amide bonds. The van der Waals surface area contributed by atoms with Crippen LogP contribution in [0.1, 0.15) is 26.3 Å². The van der Waals surface area contributed by atoms with Crippen LogP contribution in [0.5, 0.6) is 11.5 Å². The fourth-order valence-electron chi connectivity index (χ4n) is 13.9.